The standard InChI is InChI=1S/C11H9FN2O3/c1-14-6-9(10(15)16)13-11(14)17-8-4-2-3-7(12)5-8/h2-6H,1H3,(H,15,16). The van der Waals surface area contributed by atoms with Crippen LogP contribution >= 0.6 is 0 Å². The first kappa shape index (κ1) is 11.1. The number of hydrogen-bond acceptors (Lipinski definition) is 3. The number of aromatic carboxylic acids is 1. The number of hydrogen-bond donors (Lipinski definition) is 1. The Kier molecular flexibility index (Phi) is 2.78. The molecule has 0 aliphatic carbocycles. The molecular formula is C11H9FN2O3. The van der Waals surface area contributed by atoms with E-state index in [-0.39, 0.29) is 17.5 Å². The van der Waals surface area contributed by atoms with Crippen molar-refractivity contribution in [3.8, 4) is 11.8 Å². The molecule has 2 rings (SSSR count). The van der Waals surface area contributed by atoms with Gasteiger partial charge in [0.15, 0.2) is 5.69 Å². The Morgan fingerprint density at radius 1 is 1.53 bits per heavy atom. The number of halogens is 1. The predicted molar refractivity (Wildman–Crippen MR) is 56.6 cm³/mol. The molecule has 17 heavy (non-hydrogen) atoms. The highest BCUT2D eigenvalue weighted by atomic mass is 19.1. The fourth-order valence-electron chi connectivity index (χ4n) is 1.28. The quantitative estimate of drug-likeness (QED) is 0.885. The molecule has 0 amide bonds. The van der Waals surface area contributed by atoms with E-state index in [1.165, 1.54) is 29.0 Å². The largest absolute Gasteiger partial charge is 0.476 e. The third-order valence-corrected chi connectivity index (χ3v) is 2.06. The normalized spacial score (nSPS) is 10.2. The molecule has 0 atom stereocenters. The molecule has 1 aromatic carbocycles. The highest BCUT2D eigenvalue weighted by Crippen LogP contribution is 2.20. The summed E-state index contributed by atoms with van der Waals surface area (Å²) < 4.78 is 19.6. The van der Waals surface area contributed by atoms with Crippen LogP contribution in [-0.4, -0.2) is 20.6 Å². The summed E-state index contributed by atoms with van der Waals surface area (Å²) in [4.78, 5) is 14.4. The Morgan fingerprint density at radius 2 is 2.29 bits per heavy atom. The molecule has 0 aliphatic rings. The van der Waals surface area contributed by atoms with Crippen molar-refractivity contribution in [1.29, 1.82) is 0 Å². The number of benzene rings is 1. The van der Waals surface area contributed by atoms with E-state index >= 15 is 0 Å². The maximum Gasteiger partial charge on any atom is 0.356 e. The molecule has 0 fully saturated rings. The van der Waals surface area contributed by atoms with Gasteiger partial charge in [0, 0.05) is 19.3 Å². The number of rotatable bonds is 3. The number of imidazole rings is 1. The zero-order valence-electron chi connectivity index (χ0n) is 8.92. The predicted octanol–water partition coefficient (Wildman–Crippen LogP) is 2.05. The minimum Gasteiger partial charge on any atom is -0.476 e. The average molecular weight is 236 g/mol. The number of carbonyl (C=O) groups is 1. The van der Waals surface area contributed by atoms with Crippen molar-refractivity contribution in [3.05, 3.63) is 42.0 Å². The first-order chi connectivity index (χ1) is 8.06. The molecule has 2 aromatic rings. The van der Waals surface area contributed by atoms with Crippen LogP contribution in [-0.2, 0) is 7.05 Å². The first-order valence-electron chi connectivity index (χ1n) is 4.76. The van der Waals surface area contributed by atoms with Crippen molar-refractivity contribution in [2.24, 2.45) is 7.05 Å². The van der Waals surface area contributed by atoms with Gasteiger partial charge in [-0.05, 0) is 12.1 Å². The second-order valence-electron chi connectivity index (χ2n) is 3.38. The molecule has 88 valence electrons. The Balaban J connectivity index is 2.27. The summed E-state index contributed by atoms with van der Waals surface area (Å²) in [6, 6.07) is 5.61. The van der Waals surface area contributed by atoms with Crippen LogP contribution in [0.3, 0.4) is 0 Å². The minimum atomic E-state index is -1.14. The zero-order chi connectivity index (χ0) is 12.4. The van der Waals surface area contributed by atoms with Gasteiger partial charge in [-0.3, -0.25) is 0 Å². The second kappa shape index (κ2) is 4.25. The molecule has 0 radical (unpaired) electrons. The summed E-state index contributed by atoms with van der Waals surface area (Å²) >= 11 is 0. The van der Waals surface area contributed by atoms with Crippen LogP contribution in [0.15, 0.2) is 30.5 Å². The lowest BCUT2D eigenvalue weighted by Gasteiger charge is -2.03. The van der Waals surface area contributed by atoms with Crippen LogP contribution in [0.4, 0.5) is 4.39 Å². The molecule has 1 heterocycles. The maximum absolute atomic E-state index is 12.9. The summed E-state index contributed by atoms with van der Waals surface area (Å²) in [5, 5.41) is 8.74. The lowest BCUT2D eigenvalue weighted by Crippen LogP contribution is -1.95. The third-order valence-electron chi connectivity index (χ3n) is 2.06. The molecule has 0 bridgehead atoms. The van der Waals surface area contributed by atoms with Gasteiger partial charge in [0.05, 0.1) is 0 Å². The van der Waals surface area contributed by atoms with E-state index in [1.54, 1.807) is 13.1 Å². The number of carboxylic acids is 1. The van der Waals surface area contributed by atoms with E-state index in [4.69, 9.17) is 9.84 Å². The summed E-state index contributed by atoms with van der Waals surface area (Å²) in [5.41, 5.74) is -0.126. The van der Waals surface area contributed by atoms with Crippen LogP contribution in [0.5, 0.6) is 11.8 Å². The fraction of sp³-hybridized carbons (Fsp3) is 0.0909. The van der Waals surface area contributed by atoms with Gasteiger partial charge in [-0.2, -0.15) is 4.98 Å². The highest BCUT2D eigenvalue weighted by Gasteiger charge is 2.12. The molecule has 0 saturated carbocycles. The van der Waals surface area contributed by atoms with E-state index in [0.29, 0.717) is 0 Å². The van der Waals surface area contributed by atoms with E-state index in [2.05, 4.69) is 4.98 Å². The Labute approximate surface area is 96.1 Å². The van der Waals surface area contributed by atoms with Crippen LogP contribution in [0.2, 0.25) is 0 Å². The molecule has 1 N–H and O–H groups in total. The molecular weight excluding hydrogens is 227 g/mol. The number of nitrogens with zero attached hydrogens (tertiary/aromatic N) is 2. The van der Waals surface area contributed by atoms with Gasteiger partial charge in [0.25, 0.3) is 0 Å². The number of aryl methyl sites for hydroxylation is 1. The van der Waals surface area contributed by atoms with Crippen molar-refractivity contribution in [1.82, 2.24) is 9.55 Å². The summed E-state index contributed by atoms with van der Waals surface area (Å²) in [6.45, 7) is 0. The average Bonchev–Trinajstić information content (AvgIpc) is 2.61. The Morgan fingerprint density at radius 3 is 2.88 bits per heavy atom. The van der Waals surface area contributed by atoms with Crippen molar-refractivity contribution in [3.63, 3.8) is 0 Å². The van der Waals surface area contributed by atoms with Crippen LogP contribution in [0, 0.1) is 5.82 Å². The molecule has 0 spiro atoms. The SMILES string of the molecule is Cn1cc(C(=O)O)nc1Oc1cccc(F)c1. The van der Waals surface area contributed by atoms with Crippen LogP contribution in [0.25, 0.3) is 0 Å². The lowest BCUT2D eigenvalue weighted by molar-refractivity contribution is 0.0690. The smallest absolute Gasteiger partial charge is 0.356 e. The minimum absolute atomic E-state index is 0.0907. The van der Waals surface area contributed by atoms with Gasteiger partial charge in [-0.1, -0.05) is 6.07 Å². The molecule has 0 saturated heterocycles. The molecule has 6 heteroatoms. The van der Waals surface area contributed by atoms with Crippen molar-refractivity contribution >= 4 is 5.97 Å². The van der Waals surface area contributed by atoms with Crippen LogP contribution in [0.1, 0.15) is 10.5 Å². The summed E-state index contributed by atoms with van der Waals surface area (Å²) in [6.07, 6.45) is 1.32. The van der Waals surface area contributed by atoms with Gasteiger partial charge in [0.1, 0.15) is 11.6 Å². The molecule has 1 aromatic heterocycles. The molecule has 0 unspecified atom stereocenters. The van der Waals surface area contributed by atoms with E-state index in [9.17, 15) is 9.18 Å². The van der Waals surface area contributed by atoms with Gasteiger partial charge in [0.2, 0.25) is 0 Å². The number of aromatic nitrogens is 2. The summed E-state index contributed by atoms with van der Waals surface area (Å²) in [7, 11) is 1.59. The number of carboxylic acid groups (broad SMARTS) is 1. The monoisotopic (exact) mass is 236 g/mol. The zero-order valence-corrected chi connectivity index (χ0v) is 8.92. The lowest BCUT2D eigenvalue weighted by atomic mass is 10.3. The summed E-state index contributed by atoms with van der Waals surface area (Å²) in [5.74, 6) is -1.32. The molecule has 0 aliphatic heterocycles. The van der Waals surface area contributed by atoms with E-state index in [0.717, 1.165) is 0 Å². The van der Waals surface area contributed by atoms with E-state index in [1.807, 2.05) is 0 Å². The Bertz CT molecular complexity index is 566. The second-order valence-corrected chi connectivity index (χ2v) is 3.38. The van der Waals surface area contributed by atoms with Crippen molar-refractivity contribution < 1.29 is 19.0 Å². The van der Waals surface area contributed by atoms with Gasteiger partial charge >= 0.3 is 12.0 Å². The Hall–Kier alpha value is -2.37. The van der Waals surface area contributed by atoms with E-state index < -0.39 is 11.8 Å². The third kappa shape index (κ3) is 2.41. The van der Waals surface area contributed by atoms with Gasteiger partial charge in [-0.15, -0.1) is 0 Å². The fourth-order valence-corrected chi connectivity index (χ4v) is 1.28. The number of ether oxygens (including phenoxy) is 1. The highest BCUT2D eigenvalue weighted by molar-refractivity contribution is 5.85. The van der Waals surface area contributed by atoms with Crippen molar-refractivity contribution in [2.75, 3.05) is 0 Å². The maximum atomic E-state index is 12.9. The van der Waals surface area contributed by atoms with Gasteiger partial charge < -0.3 is 14.4 Å². The van der Waals surface area contributed by atoms with Crippen LogP contribution < -0.4 is 4.74 Å². The van der Waals surface area contributed by atoms with Crippen molar-refractivity contribution in [2.45, 2.75) is 0 Å². The topological polar surface area (TPSA) is 64.4 Å². The first-order valence-corrected chi connectivity index (χ1v) is 4.76. The van der Waals surface area contributed by atoms with Gasteiger partial charge in [-0.25, -0.2) is 9.18 Å². The molecule has 5 nitrogen and oxygen atoms in total.